The van der Waals surface area contributed by atoms with E-state index in [0.29, 0.717) is 31.3 Å². The lowest BCUT2D eigenvalue weighted by Crippen LogP contribution is -2.42. The number of piperidine rings is 1. The van der Waals surface area contributed by atoms with E-state index in [4.69, 9.17) is 11.6 Å². The molecule has 3 fully saturated rings. The quantitative estimate of drug-likeness (QED) is 0.345. The number of halogens is 4. The van der Waals surface area contributed by atoms with Crippen molar-refractivity contribution in [3.8, 4) is 0 Å². The van der Waals surface area contributed by atoms with Crippen molar-refractivity contribution < 1.29 is 18.0 Å². The fourth-order valence-corrected chi connectivity index (χ4v) is 6.67. The predicted octanol–water partition coefficient (Wildman–Crippen LogP) is 6.84. The van der Waals surface area contributed by atoms with Crippen LogP contribution < -0.4 is 10.2 Å². The summed E-state index contributed by atoms with van der Waals surface area (Å²) < 4.78 is 37.5. The van der Waals surface area contributed by atoms with E-state index in [1.807, 2.05) is 17.0 Å². The van der Waals surface area contributed by atoms with E-state index in [1.165, 1.54) is 17.8 Å². The number of nitrogens with zero attached hydrogens (tertiary/aromatic N) is 3. The standard InChI is InChI=1S/C28H34ClF3N4OS.CH4/c29-22-3-7-25(8-4-22)36-18-20-16-34(17-21(20)19-36)13-1-2-27(37)35-14-11-24(12-15-35)33-23-5-9-26(10-6-23)38-28(30,31)32;/h3-10,20-21,24,33H,1-2,11-19H2;1H4. The molecule has 1 N–H and O–H groups in total. The van der Waals surface area contributed by atoms with Gasteiger partial charge in [-0.3, -0.25) is 4.79 Å². The molecule has 3 saturated heterocycles. The molecule has 0 spiro atoms. The summed E-state index contributed by atoms with van der Waals surface area (Å²) in [6.07, 6.45) is 3.15. The van der Waals surface area contributed by atoms with Gasteiger partial charge in [0.2, 0.25) is 5.91 Å². The van der Waals surface area contributed by atoms with Crippen LogP contribution in [0.3, 0.4) is 0 Å². The molecule has 0 saturated carbocycles. The summed E-state index contributed by atoms with van der Waals surface area (Å²) in [5, 5.41) is 4.17. The molecule has 10 heteroatoms. The molecule has 1 amide bonds. The average molecular weight is 583 g/mol. The van der Waals surface area contributed by atoms with Gasteiger partial charge in [0.1, 0.15) is 0 Å². The number of carbonyl (C=O) groups excluding carboxylic acids is 1. The third kappa shape index (κ3) is 8.21. The van der Waals surface area contributed by atoms with Crippen molar-refractivity contribution in [1.29, 1.82) is 0 Å². The Labute approximate surface area is 239 Å². The highest BCUT2D eigenvalue weighted by Gasteiger charge is 2.39. The molecule has 3 aliphatic heterocycles. The molecule has 0 aromatic heterocycles. The van der Waals surface area contributed by atoms with Gasteiger partial charge in [-0.1, -0.05) is 19.0 Å². The van der Waals surface area contributed by atoms with E-state index in [1.54, 1.807) is 12.1 Å². The van der Waals surface area contributed by atoms with Gasteiger partial charge >= 0.3 is 5.51 Å². The Kier molecular flexibility index (Phi) is 9.99. The topological polar surface area (TPSA) is 38.8 Å². The Balaban J connectivity index is 0.00000353. The third-order valence-electron chi connectivity index (χ3n) is 7.92. The average Bonchev–Trinajstić information content (AvgIpc) is 3.44. The molecule has 2 atom stereocenters. The van der Waals surface area contributed by atoms with Crippen LogP contribution in [0.5, 0.6) is 0 Å². The highest BCUT2D eigenvalue weighted by molar-refractivity contribution is 8.00. The van der Waals surface area contributed by atoms with Gasteiger partial charge in [-0.25, -0.2) is 0 Å². The number of amides is 1. The highest BCUT2D eigenvalue weighted by Crippen LogP contribution is 2.37. The molecular weight excluding hydrogens is 545 g/mol. The Morgan fingerprint density at radius 3 is 2.15 bits per heavy atom. The van der Waals surface area contributed by atoms with E-state index < -0.39 is 5.51 Å². The van der Waals surface area contributed by atoms with E-state index >= 15 is 0 Å². The Hall–Kier alpha value is -2.10. The zero-order chi connectivity index (χ0) is 26.7. The molecule has 2 aromatic rings. The SMILES string of the molecule is C.O=C(CCCN1CC2CN(c3ccc(Cl)cc3)CC2C1)N1CCC(Nc2ccc(SC(F)(F)F)cc2)CC1. The Bertz CT molecular complexity index is 1060. The van der Waals surface area contributed by atoms with Crippen LogP contribution in [0.25, 0.3) is 0 Å². The van der Waals surface area contributed by atoms with E-state index in [-0.39, 0.29) is 36.0 Å². The van der Waals surface area contributed by atoms with Gasteiger partial charge in [-0.05, 0) is 97.9 Å². The smallest absolute Gasteiger partial charge is 0.382 e. The minimum absolute atomic E-state index is 0. The van der Waals surface area contributed by atoms with Gasteiger partial charge in [-0.15, -0.1) is 0 Å². The van der Waals surface area contributed by atoms with Crippen molar-refractivity contribution in [1.82, 2.24) is 9.80 Å². The second-order valence-corrected chi connectivity index (χ2v) is 12.2. The first-order valence-electron chi connectivity index (χ1n) is 13.3. The second-order valence-electron chi connectivity index (χ2n) is 10.6. The fraction of sp³-hybridized carbons (Fsp3) is 0.552. The molecule has 2 aromatic carbocycles. The van der Waals surface area contributed by atoms with Crippen molar-refractivity contribution >= 4 is 40.6 Å². The summed E-state index contributed by atoms with van der Waals surface area (Å²) in [5.41, 5.74) is -2.21. The highest BCUT2D eigenvalue weighted by atomic mass is 35.5. The number of rotatable bonds is 8. The molecule has 2 unspecified atom stereocenters. The van der Waals surface area contributed by atoms with E-state index in [9.17, 15) is 18.0 Å². The number of thioether (sulfide) groups is 1. The number of anilines is 2. The molecule has 39 heavy (non-hydrogen) atoms. The maximum Gasteiger partial charge on any atom is 0.446 e. The first-order chi connectivity index (χ1) is 18.2. The number of fused-ring (bicyclic) bond motifs is 1. The lowest BCUT2D eigenvalue weighted by Gasteiger charge is -2.33. The minimum Gasteiger partial charge on any atom is -0.382 e. The third-order valence-corrected chi connectivity index (χ3v) is 8.92. The molecule has 5 rings (SSSR count). The Morgan fingerprint density at radius 2 is 1.56 bits per heavy atom. The summed E-state index contributed by atoms with van der Waals surface area (Å²) >= 11 is 5.92. The lowest BCUT2D eigenvalue weighted by molar-refractivity contribution is -0.132. The molecule has 3 aliphatic rings. The second kappa shape index (κ2) is 13.0. The summed E-state index contributed by atoms with van der Waals surface area (Å²) in [4.78, 5) is 19.9. The van der Waals surface area contributed by atoms with E-state index in [2.05, 4.69) is 27.2 Å². The van der Waals surface area contributed by atoms with Crippen molar-refractivity contribution in [3.05, 3.63) is 53.6 Å². The van der Waals surface area contributed by atoms with Crippen LogP contribution >= 0.6 is 23.4 Å². The maximum atomic E-state index is 12.8. The number of alkyl halides is 3. The van der Waals surface area contributed by atoms with Gasteiger partial charge in [0.25, 0.3) is 0 Å². The van der Waals surface area contributed by atoms with Gasteiger partial charge in [0.15, 0.2) is 0 Å². The van der Waals surface area contributed by atoms with Crippen molar-refractivity contribution in [2.24, 2.45) is 11.8 Å². The molecular formula is C29H38ClF3N4OS. The van der Waals surface area contributed by atoms with Gasteiger partial charge in [-0.2, -0.15) is 13.2 Å². The molecule has 0 aliphatic carbocycles. The first-order valence-corrected chi connectivity index (χ1v) is 14.5. The predicted molar refractivity (Wildman–Crippen MR) is 155 cm³/mol. The van der Waals surface area contributed by atoms with Crippen LogP contribution in [0.1, 0.15) is 33.1 Å². The minimum atomic E-state index is -4.28. The van der Waals surface area contributed by atoms with Crippen LogP contribution in [0.4, 0.5) is 24.5 Å². The summed E-state index contributed by atoms with van der Waals surface area (Å²) in [5.74, 6) is 1.60. The fourth-order valence-electron chi connectivity index (χ4n) is 6.01. The summed E-state index contributed by atoms with van der Waals surface area (Å²) in [6, 6.07) is 14.7. The van der Waals surface area contributed by atoms with Crippen molar-refractivity contribution in [2.75, 3.05) is 56.0 Å². The van der Waals surface area contributed by atoms with E-state index in [0.717, 1.165) is 62.7 Å². The van der Waals surface area contributed by atoms with Crippen LogP contribution in [0.15, 0.2) is 53.4 Å². The van der Waals surface area contributed by atoms with Crippen molar-refractivity contribution in [3.63, 3.8) is 0 Å². The van der Waals surface area contributed by atoms with Gasteiger partial charge in [0.05, 0.1) is 0 Å². The normalized spacial score (nSPS) is 22.1. The van der Waals surface area contributed by atoms with Crippen LogP contribution in [0.2, 0.25) is 5.02 Å². The molecule has 0 bridgehead atoms. The lowest BCUT2D eigenvalue weighted by atomic mass is 10.0. The zero-order valence-electron chi connectivity index (χ0n) is 21.3. The largest absolute Gasteiger partial charge is 0.446 e. The Morgan fingerprint density at radius 1 is 0.949 bits per heavy atom. The zero-order valence-corrected chi connectivity index (χ0v) is 22.9. The molecule has 214 valence electrons. The summed E-state index contributed by atoms with van der Waals surface area (Å²) in [7, 11) is 0. The monoisotopic (exact) mass is 582 g/mol. The summed E-state index contributed by atoms with van der Waals surface area (Å²) in [6.45, 7) is 6.79. The molecule has 5 nitrogen and oxygen atoms in total. The number of hydrogen-bond donors (Lipinski definition) is 1. The number of benzene rings is 2. The van der Waals surface area contributed by atoms with Gasteiger partial charge < -0.3 is 20.0 Å². The molecule has 3 heterocycles. The number of hydrogen-bond acceptors (Lipinski definition) is 5. The van der Waals surface area contributed by atoms with Crippen LogP contribution in [-0.4, -0.2) is 73.1 Å². The number of carbonyl (C=O) groups is 1. The van der Waals surface area contributed by atoms with Crippen molar-refractivity contribution in [2.45, 2.75) is 49.6 Å². The first kappa shape index (κ1) is 29.9. The molecule has 0 radical (unpaired) electrons. The van der Waals surface area contributed by atoms with Crippen LogP contribution in [0, 0.1) is 11.8 Å². The van der Waals surface area contributed by atoms with Gasteiger partial charge in [0, 0.05) is 73.0 Å². The number of likely N-dealkylation sites (tertiary alicyclic amines) is 2. The van der Waals surface area contributed by atoms with Crippen LogP contribution in [-0.2, 0) is 4.79 Å². The maximum absolute atomic E-state index is 12.8. The number of nitrogens with one attached hydrogen (secondary N) is 1.